The number of halogens is 4. The number of aromatic nitrogens is 1. The van der Waals surface area contributed by atoms with Gasteiger partial charge in [-0.2, -0.15) is 13.2 Å². The number of piperidine rings is 1. The zero-order valence-corrected chi connectivity index (χ0v) is 20.5. The van der Waals surface area contributed by atoms with Gasteiger partial charge in [-0.15, -0.1) is 0 Å². The van der Waals surface area contributed by atoms with Crippen LogP contribution < -0.4 is 9.46 Å². The highest BCUT2D eigenvalue weighted by Gasteiger charge is 2.32. The molecule has 1 amide bonds. The molecule has 12 heteroatoms. The van der Waals surface area contributed by atoms with Crippen LogP contribution in [0.2, 0.25) is 0 Å². The Morgan fingerprint density at radius 1 is 1.17 bits per heavy atom. The fourth-order valence-corrected chi connectivity index (χ4v) is 4.72. The summed E-state index contributed by atoms with van der Waals surface area (Å²) in [7, 11) is -3.82. The van der Waals surface area contributed by atoms with E-state index in [2.05, 4.69) is 9.88 Å². The van der Waals surface area contributed by atoms with E-state index >= 15 is 0 Å². The van der Waals surface area contributed by atoms with Gasteiger partial charge >= 0.3 is 6.18 Å². The first-order valence-corrected chi connectivity index (χ1v) is 13.5. The minimum atomic E-state index is -4.46. The van der Waals surface area contributed by atoms with Crippen LogP contribution in [0.4, 0.5) is 17.6 Å². The lowest BCUT2D eigenvalue weighted by Gasteiger charge is -2.32. The second-order valence-corrected chi connectivity index (χ2v) is 11.2. The number of carbonyl (C=O) groups is 1. The van der Waals surface area contributed by atoms with Crippen LogP contribution in [0.5, 0.6) is 5.75 Å². The van der Waals surface area contributed by atoms with Crippen LogP contribution in [0, 0.1) is 11.7 Å². The van der Waals surface area contributed by atoms with Gasteiger partial charge in [0, 0.05) is 18.8 Å². The Hall–Kier alpha value is -2.73. The molecule has 1 N–H and O–H groups in total. The molecule has 0 atom stereocenters. The Kier molecular flexibility index (Phi) is 7.56. The number of hydrogen-bond donors (Lipinski definition) is 1. The molecule has 1 aliphatic carbocycles. The van der Waals surface area contributed by atoms with E-state index in [-0.39, 0.29) is 17.4 Å². The number of sulfonamides is 1. The van der Waals surface area contributed by atoms with Gasteiger partial charge in [0.1, 0.15) is 17.3 Å². The highest BCUT2D eigenvalue weighted by Crippen LogP contribution is 2.45. The monoisotopic (exact) mass is 529 g/mol. The average molecular weight is 530 g/mol. The predicted molar refractivity (Wildman–Crippen MR) is 123 cm³/mol. The second-order valence-electron chi connectivity index (χ2n) is 9.43. The highest BCUT2D eigenvalue weighted by molar-refractivity contribution is 7.89. The van der Waals surface area contributed by atoms with Crippen LogP contribution in [-0.4, -0.2) is 50.2 Å². The molecule has 0 radical (unpaired) electrons. The van der Waals surface area contributed by atoms with Crippen LogP contribution >= 0.6 is 0 Å². The maximum atomic E-state index is 14.6. The smallest absolute Gasteiger partial charge is 0.433 e. The Balaban J connectivity index is 1.32. The number of alkyl halides is 3. The molecule has 1 saturated carbocycles. The molecule has 0 spiro atoms. The SMILES string of the molecule is CS(=O)(=O)NC(=O)c1cc(C2CC2)c(OCC2CCN(Cc3ccc(C(F)(F)F)nc3)CC2)cc1F. The molecule has 2 heterocycles. The summed E-state index contributed by atoms with van der Waals surface area (Å²) in [5.41, 5.74) is 0.165. The van der Waals surface area contributed by atoms with Gasteiger partial charge in [0.05, 0.1) is 18.4 Å². The number of likely N-dealkylation sites (tertiary alicyclic amines) is 1. The third kappa shape index (κ3) is 6.94. The standard InChI is InChI=1S/C24H27F4N3O4S/c1-36(33,34)30-23(32)19-10-18(17-3-4-17)21(11-20(19)25)35-14-15-6-8-31(9-7-15)13-16-2-5-22(29-12-16)24(26,27)28/h2,5,10-12,15,17H,3-4,6-9,13-14H2,1H3,(H,30,32). The van der Waals surface area contributed by atoms with Crippen LogP contribution in [0.15, 0.2) is 30.5 Å². The first-order chi connectivity index (χ1) is 16.9. The summed E-state index contributed by atoms with van der Waals surface area (Å²) in [5, 5.41) is 0. The molecule has 0 unspecified atom stereocenters. The quantitative estimate of drug-likeness (QED) is 0.518. The van der Waals surface area contributed by atoms with E-state index in [1.807, 2.05) is 0 Å². The number of nitrogens with one attached hydrogen (secondary N) is 1. The minimum absolute atomic E-state index is 0.143. The molecule has 1 aromatic carbocycles. The fourth-order valence-electron chi connectivity index (χ4n) is 4.27. The van der Waals surface area contributed by atoms with Crippen LogP contribution in [0.3, 0.4) is 0 Å². The maximum absolute atomic E-state index is 14.6. The molecule has 2 aromatic rings. The molecule has 36 heavy (non-hydrogen) atoms. The molecule has 2 fully saturated rings. The first-order valence-electron chi connectivity index (χ1n) is 11.6. The van der Waals surface area contributed by atoms with E-state index in [9.17, 15) is 30.8 Å². The molecule has 1 saturated heterocycles. The second kappa shape index (κ2) is 10.3. The molecular formula is C24H27F4N3O4S. The number of carbonyl (C=O) groups excluding carboxylic acids is 1. The zero-order chi connectivity index (χ0) is 26.1. The van der Waals surface area contributed by atoms with Crippen molar-refractivity contribution in [2.75, 3.05) is 26.0 Å². The molecule has 7 nitrogen and oxygen atoms in total. The Morgan fingerprint density at radius 2 is 1.86 bits per heavy atom. The van der Waals surface area contributed by atoms with Gasteiger partial charge < -0.3 is 4.74 Å². The summed E-state index contributed by atoms with van der Waals surface area (Å²) in [6, 6.07) is 4.96. The van der Waals surface area contributed by atoms with Gasteiger partial charge in [-0.1, -0.05) is 6.07 Å². The lowest BCUT2D eigenvalue weighted by Crippen LogP contribution is -2.35. The lowest BCUT2D eigenvalue weighted by molar-refractivity contribution is -0.141. The number of pyridine rings is 1. The first kappa shape index (κ1) is 26.3. The Bertz CT molecular complexity index is 1210. The van der Waals surface area contributed by atoms with E-state index in [0.717, 1.165) is 57.2 Å². The average Bonchev–Trinajstić information content (AvgIpc) is 3.62. The van der Waals surface area contributed by atoms with Crippen molar-refractivity contribution < 1.29 is 35.5 Å². The molecule has 1 aliphatic heterocycles. The van der Waals surface area contributed by atoms with E-state index < -0.39 is 33.6 Å². The summed E-state index contributed by atoms with van der Waals surface area (Å²) in [4.78, 5) is 17.8. The lowest BCUT2D eigenvalue weighted by atomic mass is 9.97. The van der Waals surface area contributed by atoms with Crippen molar-refractivity contribution in [3.05, 3.63) is 58.7 Å². The van der Waals surface area contributed by atoms with Gasteiger partial charge in [0.25, 0.3) is 5.91 Å². The number of hydrogen-bond acceptors (Lipinski definition) is 6. The fraction of sp³-hybridized carbons (Fsp3) is 0.500. The summed E-state index contributed by atoms with van der Waals surface area (Å²) in [6.45, 7) is 2.35. The van der Waals surface area contributed by atoms with Crippen molar-refractivity contribution >= 4 is 15.9 Å². The van der Waals surface area contributed by atoms with Crippen LogP contribution in [-0.2, 0) is 22.7 Å². The van der Waals surface area contributed by atoms with E-state index in [4.69, 9.17) is 4.74 Å². The molecular weight excluding hydrogens is 502 g/mol. The predicted octanol–water partition coefficient (Wildman–Crippen LogP) is 4.10. The number of ether oxygens (including phenoxy) is 1. The van der Waals surface area contributed by atoms with Crippen LogP contribution in [0.25, 0.3) is 0 Å². The molecule has 0 bridgehead atoms. The summed E-state index contributed by atoms with van der Waals surface area (Å²) >= 11 is 0. The molecule has 196 valence electrons. The Morgan fingerprint density at radius 3 is 2.42 bits per heavy atom. The normalized spacial score (nSPS) is 17.7. The molecule has 4 rings (SSSR count). The van der Waals surface area contributed by atoms with Crippen molar-refractivity contribution in [2.45, 2.75) is 44.3 Å². The third-order valence-electron chi connectivity index (χ3n) is 6.34. The maximum Gasteiger partial charge on any atom is 0.433 e. The van der Waals surface area contributed by atoms with Crippen molar-refractivity contribution in [3.8, 4) is 5.75 Å². The van der Waals surface area contributed by atoms with E-state index in [1.165, 1.54) is 18.3 Å². The topological polar surface area (TPSA) is 88.6 Å². The van der Waals surface area contributed by atoms with Gasteiger partial charge in [-0.3, -0.25) is 14.7 Å². The largest absolute Gasteiger partial charge is 0.493 e. The van der Waals surface area contributed by atoms with Crippen LogP contribution in [0.1, 0.15) is 58.8 Å². The molecule has 2 aliphatic rings. The van der Waals surface area contributed by atoms with Gasteiger partial charge in [-0.25, -0.2) is 17.5 Å². The number of amides is 1. The summed E-state index contributed by atoms with van der Waals surface area (Å²) in [5.74, 6) is -1.14. The van der Waals surface area contributed by atoms with Crippen molar-refractivity contribution in [3.63, 3.8) is 0 Å². The van der Waals surface area contributed by atoms with Gasteiger partial charge in [-0.05, 0) is 73.9 Å². The van der Waals surface area contributed by atoms with E-state index in [0.29, 0.717) is 30.0 Å². The molecule has 1 aromatic heterocycles. The zero-order valence-electron chi connectivity index (χ0n) is 19.6. The number of rotatable bonds is 8. The number of benzene rings is 1. The minimum Gasteiger partial charge on any atom is -0.493 e. The third-order valence-corrected chi connectivity index (χ3v) is 6.90. The Labute approximate surface area is 206 Å². The summed E-state index contributed by atoms with van der Waals surface area (Å²) in [6.07, 6.45) is 1.01. The highest BCUT2D eigenvalue weighted by atomic mass is 32.2. The van der Waals surface area contributed by atoms with Crippen molar-refractivity contribution in [1.82, 2.24) is 14.6 Å². The van der Waals surface area contributed by atoms with E-state index in [1.54, 1.807) is 4.72 Å². The van der Waals surface area contributed by atoms with Crippen molar-refractivity contribution in [2.24, 2.45) is 5.92 Å². The van der Waals surface area contributed by atoms with Crippen molar-refractivity contribution in [1.29, 1.82) is 0 Å². The number of nitrogens with zero attached hydrogens (tertiary/aromatic N) is 2. The summed E-state index contributed by atoms with van der Waals surface area (Å²) < 4.78 is 83.1. The van der Waals surface area contributed by atoms with Gasteiger partial charge in [0.2, 0.25) is 10.0 Å². The van der Waals surface area contributed by atoms with Gasteiger partial charge in [0.15, 0.2) is 0 Å².